The van der Waals surface area contributed by atoms with E-state index in [-0.39, 0.29) is 0 Å². The molecule has 0 fully saturated rings. The third-order valence-corrected chi connectivity index (χ3v) is 2.20. The molecule has 1 rings (SSSR count). The van der Waals surface area contributed by atoms with Crippen molar-refractivity contribution in [3.8, 4) is 0 Å². The Balaban J connectivity index is 2.74. The van der Waals surface area contributed by atoms with Crippen molar-refractivity contribution in [1.29, 1.82) is 0 Å². The first-order chi connectivity index (χ1) is 5.18. The second-order valence-electron chi connectivity index (χ2n) is 2.53. The summed E-state index contributed by atoms with van der Waals surface area (Å²) >= 11 is 0. The normalized spacial score (nSPS) is 11.2. The summed E-state index contributed by atoms with van der Waals surface area (Å²) in [6.45, 7) is 1.73. The lowest BCUT2D eigenvalue weighted by Gasteiger charge is -1.92. The monoisotopic (exact) mass is 168 g/mol. The van der Waals surface area contributed by atoms with Gasteiger partial charge in [-0.2, -0.15) is 0 Å². The number of benzene rings is 1. The Morgan fingerprint density at radius 1 is 1.36 bits per heavy atom. The Bertz CT molecular complexity index is 255. The molecule has 0 saturated carbocycles. The van der Waals surface area contributed by atoms with E-state index in [1.54, 1.807) is 6.66 Å². The molecular formula is C8H11NOP+. The molecule has 2 N–H and O–H groups in total. The summed E-state index contributed by atoms with van der Waals surface area (Å²) in [5.41, 5.74) is 7.32. The predicted octanol–water partition coefficient (Wildman–Crippen LogP) is 2.23. The summed E-state index contributed by atoms with van der Waals surface area (Å²) in [6, 6.07) is 7.47. The summed E-state index contributed by atoms with van der Waals surface area (Å²) in [7, 11) is -1.08. The lowest BCUT2D eigenvalue weighted by atomic mass is 10.2. The predicted molar refractivity (Wildman–Crippen MR) is 48.1 cm³/mol. The number of nitrogens with two attached hydrogens (primary N) is 1. The van der Waals surface area contributed by atoms with Crippen LogP contribution in [0.4, 0.5) is 5.69 Å². The van der Waals surface area contributed by atoms with Crippen LogP contribution in [0.1, 0.15) is 5.56 Å². The molecule has 0 amide bonds. The third kappa shape index (κ3) is 2.69. The molecule has 3 heteroatoms. The molecule has 1 aromatic carbocycles. The number of nitrogen functional groups attached to an aromatic ring is 1. The van der Waals surface area contributed by atoms with Crippen molar-refractivity contribution in [3.63, 3.8) is 0 Å². The van der Waals surface area contributed by atoms with E-state index < -0.39 is 7.80 Å². The van der Waals surface area contributed by atoms with Crippen LogP contribution in [0, 0.1) is 0 Å². The Morgan fingerprint density at radius 2 is 1.91 bits per heavy atom. The zero-order valence-electron chi connectivity index (χ0n) is 6.45. The smallest absolute Gasteiger partial charge is 0.340 e. The van der Waals surface area contributed by atoms with Gasteiger partial charge in [-0.05, 0) is 17.7 Å². The van der Waals surface area contributed by atoms with Crippen molar-refractivity contribution in [3.05, 3.63) is 29.8 Å². The maximum absolute atomic E-state index is 10.8. The Kier molecular flexibility index (Phi) is 2.61. The standard InChI is InChI=1S/C8H11NOP/c1-11(10)6-7-2-4-8(9)5-3-7/h2-5H,6,9H2,1H3/q+1. The second-order valence-corrected chi connectivity index (χ2v) is 4.10. The zero-order chi connectivity index (χ0) is 8.27. The van der Waals surface area contributed by atoms with Gasteiger partial charge in [-0.1, -0.05) is 16.7 Å². The maximum atomic E-state index is 10.8. The van der Waals surface area contributed by atoms with Gasteiger partial charge in [-0.3, -0.25) is 0 Å². The Morgan fingerprint density at radius 3 is 2.36 bits per heavy atom. The van der Waals surface area contributed by atoms with Gasteiger partial charge in [-0.15, -0.1) is 0 Å². The summed E-state index contributed by atoms with van der Waals surface area (Å²) < 4.78 is 10.8. The summed E-state index contributed by atoms with van der Waals surface area (Å²) in [5, 5.41) is 0. The van der Waals surface area contributed by atoms with E-state index in [1.165, 1.54) is 0 Å². The van der Waals surface area contributed by atoms with E-state index in [4.69, 9.17) is 5.73 Å². The van der Waals surface area contributed by atoms with Gasteiger partial charge >= 0.3 is 7.80 Å². The molecule has 0 aliphatic carbocycles. The highest BCUT2D eigenvalue weighted by Gasteiger charge is 2.06. The molecule has 1 aromatic rings. The lowest BCUT2D eigenvalue weighted by Crippen LogP contribution is -1.84. The van der Waals surface area contributed by atoms with Gasteiger partial charge in [0.1, 0.15) is 6.66 Å². The molecular weight excluding hydrogens is 157 g/mol. The van der Waals surface area contributed by atoms with Gasteiger partial charge < -0.3 is 5.73 Å². The van der Waals surface area contributed by atoms with Crippen LogP contribution in [0.15, 0.2) is 24.3 Å². The van der Waals surface area contributed by atoms with E-state index in [1.807, 2.05) is 24.3 Å². The fourth-order valence-electron chi connectivity index (χ4n) is 0.880. The molecule has 0 aliphatic rings. The van der Waals surface area contributed by atoms with Gasteiger partial charge in [-0.25, -0.2) is 0 Å². The minimum Gasteiger partial charge on any atom is -0.399 e. The molecule has 0 spiro atoms. The molecule has 0 aliphatic heterocycles. The van der Waals surface area contributed by atoms with Gasteiger partial charge in [0.2, 0.25) is 0 Å². The van der Waals surface area contributed by atoms with Crippen molar-refractivity contribution in [1.82, 2.24) is 0 Å². The van der Waals surface area contributed by atoms with Gasteiger partial charge in [0, 0.05) is 5.69 Å². The first-order valence-electron chi connectivity index (χ1n) is 3.41. The zero-order valence-corrected chi connectivity index (χ0v) is 7.34. The highest BCUT2D eigenvalue weighted by Crippen LogP contribution is 2.21. The van der Waals surface area contributed by atoms with Crippen molar-refractivity contribution in [2.75, 3.05) is 12.4 Å². The highest BCUT2D eigenvalue weighted by atomic mass is 31.1. The van der Waals surface area contributed by atoms with Crippen molar-refractivity contribution in [2.45, 2.75) is 6.16 Å². The first-order valence-corrected chi connectivity index (χ1v) is 5.30. The Hall–Kier alpha value is -0.880. The molecule has 2 nitrogen and oxygen atoms in total. The number of hydrogen-bond donors (Lipinski definition) is 1. The first kappa shape index (κ1) is 8.22. The van der Waals surface area contributed by atoms with Gasteiger partial charge in [0.25, 0.3) is 0 Å². The molecule has 58 valence electrons. The van der Waals surface area contributed by atoms with Crippen LogP contribution in [0.2, 0.25) is 0 Å². The van der Waals surface area contributed by atoms with Crippen LogP contribution in [0.25, 0.3) is 0 Å². The van der Waals surface area contributed by atoms with Crippen molar-refractivity contribution >= 4 is 13.5 Å². The fourth-order valence-corrected chi connectivity index (χ4v) is 1.61. The van der Waals surface area contributed by atoms with Gasteiger partial charge in [0.15, 0.2) is 6.16 Å². The molecule has 11 heavy (non-hydrogen) atoms. The van der Waals surface area contributed by atoms with E-state index >= 15 is 0 Å². The molecule has 0 aromatic heterocycles. The molecule has 1 unspecified atom stereocenters. The van der Waals surface area contributed by atoms with E-state index in [0.717, 1.165) is 11.3 Å². The molecule has 1 atom stereocenters. The van der Waals surface area contributed by atoms with Crippen molar-refractivity contribution < 1.29 is 4.57 Å². The van der Waals surface area contributed by atoms with Crippen LogP contribution in [-0.2, 0) is 10.7 Å². The molecule has 0 saturated heterocycles. The van der Waals surface area contributed by atoms with Crippen LogP contribution in [-0.4, -0.2) is 6.66 Å². The largest absolute Gasteiger partial charge is 0.399 e. The topological polar surface area (TPSA) is 43.1 Å². The van der Waals surface area contributed by atoms with E-state index in [2.05, 4.69) is 0 Å². The lowest BCUT2D eigenvalue weighted by molar-refractivity contribution is 0.590. The van der Waals surface area contributed by atoms with Crippen LogP contribution < -0.4 is 5.73 Å². The minimum atomic E-state index is -1.08. The minimum absolute atomic E-state index is 0.648. The average molecular weight is 168 g/mol. The third-order valence-electron chi connectivity index (χ3n) is 1.38. The molecule has 0 radical (unpaired) electrons. The van der Waals surface area contributed by atoms with Crippen LogP contribution in [0.3, 0.4) is 0 Å². The van der Waals surface area contributed by atoms with Crippen molar-refractivity contribution in [2.24, 2.45) is 0 Å². The number of hydrogen-bond acceptors (Lipinski definition) is 2. The maximum Gasteiger partial charge on any atom is 0.340 e. The van der Waals surface area contributed by atoms with Crippen LogP contribution >= 0.6 is 7.80 Å². The summed E-state index contributed by atoms with van der Waals surface area (Å²) in [4.78, 5) is 0. The number of anilines is 1. The van der Waals surface area contributed by atoms with Crippen LogP contribution in [0.5, 0.6) is 0 Å². The quantitative estimate of drug-likeness (QED) is 0.543. The fraction of sp³-hybridized carbons (Fsp3) is 0.250. The number of rotatable bonds is 2. The summed E-state index contributed by atoms with van der Waals surface area (Å²) in [5.74, 6) is 0. The average Bonchev–Trinajstić information content (AvgIpc) is 1.93. The van der Waals surface area contributed by atoms with E-state index in [9.17, 15) is 4.57 Å². The van der Waals surface area contributed by atoms with Gasteiger partial charge in [0.05, 0.1) is 0 Å². The Labute approximate surface area is 67.2 Å². The second kappa shape index (κ2) is 3.49. The molecule has 0 bridgehead atoms. The van der Waals surface area contributed by atoms with E-state index in [0.29, 0.717) is 6.16 Å². The highest BCUT2D eigenvalue weighted by molar-refractivity contribution is 7.42. The SMILES string of the molecule is C[P+](=O)Cc1ccc(N)cc1. The molecule has 0 heterocycles. The summed E-state index contributed by atoms with van der Waals surface area (Å²) in [6.07, 6.45) is 0.648.